The van der Waals surface area contributed by atoms with Gasteiger partial charge in [-0.1, -0.05) is 0 Å². The minimum absolute atomic E-state index is 0.0245. The summed E-state index contributed by atoms with van der Waals surface area (Å²) in [5, 5.41) is 8.83. The summed E-state index contributed by atoms with van der Waals surface area (Å²) < 4.78 is 40.5. The van der Waals surface area contributed by atoms with Crippen LogP contribution in [0.2, 0.25) is 0 Å². The smallest absolute Gasteiger partial charge is 0.271 e. The van der Waals surface area contributed by atoms with Crippen LogP contribution in [-0.4, -0.2) is 20.1 Å². The molecule has 0 atom stereocenters. The van der Waals surface area contributed by atoms with Gasteiger partial charge in [0.05, 0.1) is 5.69 Å². The zero-order valence-corrected chi connectivity index (χ0v) is 13.9. The van der Waals surface area contributed by atoms with Crippen molar-refractivity contribution in [2.24, 2.45) is 0 Å². The Morgan fingerprint density at radius 2 is 2.05 bits per heavy atom. The number of benzene rings is 1. The first kappa shape index (κ1) is 15.7. The number of anilines is 1. The van der Waals surface area contributed by atoms with E-state index in [4.69, 9.17) is 5.11 Å². The summed E-state index contributed by atoms with van der Waals surface area (Å²) in [7, 11) is -3.69. The van der Waals surface area contributed by atoms with Gasteiger partial charge < -0.3 is 5.11 Å². The van der Waals surface area contributed by atoms with Crippen LogP contribution in [0.4, 0.5) is 10.1 Å². The third kappa shape index (κ3) is 3.68. The van der Waals surface area contributed by atoms with Gasteiger partial charge in [0.15, 0.2) is 0 Å². The number of thiophene rings is 1. The molecule has 0 fully saturated rings. The molecule has 1 aromatic heterocycles. The SMILES string of the molecule is O=S(=O)(Nc1ccc(F)cc1I)c1ccc(CCO)s1. The topological polar surface area (TPSA) is 66.4 Å². The quantitative estimate of drug-likeness (QED) is 0.722. The second-order valence-corrected chi connectivity index (χ2v) is 8.16. The van der Waals surface area contributed by atoms with Gasteiger partial charge in [0.2, 0.25) is 0 Å². The lowest BCUT2D eigenvalue weighted by molar-refractivity contribution is 0.300. The molecule has 0 radical (unpaired) electrons. The van der Waals surface area contributed by atoms with Gasteiger partial charge in [0, 0.05) is 21.5 Å². The molecule has 2 aromatic rings. The third-order valence-corrected chi connectivity index (χ3v) is 6.33. The average molecular weight is 427 g/mol. The Balaban J connectivity index is 2.26. The predicted molar refractivity (Wildman–Crippen MR) is 85.0 cm³/mol. The molecule has 1 heterocycles. The monoisotopic (exact) mass is 427 g/mol. The largest absolute Gasteiger partial charge is 0.396 e. The Hall–Kier alpha value is -0.710. The molecule has 0 bridgehead atoms. The van der Waals surface area contributed by atoms with Crippen LogP contribution < -0.4 is 4.72 Å². The zero-order chi connectivity index (χ0) is 14.8. The normalized spacial score (nSPS) is 11.6. The van der Waals surface area contributed by atoms with Crippen molar-refractivity contribution in [2.75, 3.05) is 11.3 Å². The Labute approximate surface area is 133 Å². The first-order valence-corrected chi connectivity index (χ1v) is 8.97. The highest BCUT2D eigenvalue weighted by atomic mass is 127. The summed E-state index contributed by atoms with van der Waals surface area (Å²) in [4.78, 5) is 0.793. The van der Waals surface area contributed by atoms with E-state index in [0.717, 1.165) is 16.2 Å². The van der Waals surface area contributed by atoms with E-state index in [0.29, 0.717) is 15.7 Å². The fourth-order valence-electron chi connectivity index (χ4n) is 1.51. The molecule has 0 saturated heterocycles. The van der Waals surface area contributed by atoms with Crippen LogP contribution in [-0.2, 0) is 16.4 Å². The van der Waals surface area contributed by atoms with E-state index in [1.807, 2.05) is 22.6 Å². The minimum atomic E-state index is -3.69. The number of aliphatic hydroxyl groups is 1. The molecule has 4 nitrogen and oxygen atoms in total. The second-order valence-electron chi connectivity index (χ2n) is 3.92. The summed E-state index contributed by atoms with van der Waals surface area (Å²) in [6, 6.07) is 7.01. The molecule has 0 aliphatic rings. The summed E-state index contributed by atoms with van der Waals surface area (Å²) in [5.74, 6) is -0.418. The summed E-state index contributed by atoms with van der Waals surface area (Å²) in [5.41, 5.74) is 0.337. The highest BCUT2D eigenvalue weighted by molar-refractivity contribution is 14.1. The van der Waals surface area contributed by atoms with Gasteiger partial charge in [-0.15, -0.1) is 11.3 Å². The molecule has 20 heavy (non-hydrogen) atoms. The Bertz CT molecular complexity index is 715. The van der Waals surface area contributed by atoms with Gasteiger partial charge in [-0.2, -0.15) is 0 Å². The Kier molecular flexibility index (Phi) is 4.99. The number of aliphatic hydroxyl groups excluding tert-OH is 1. The van der Waals surface area contributed by atoms with E-state index in [2.05, 4.69) is 4.72 Å². The second kappa shape index (κ2) is 6.37. The van der Waals surface area contributed by atoms with Crippen LogP contribution in [0.3, 0.4) is 0 Å². The van der Waals surface area contributed by atoms with Crippen LogP contribution >= 0.6 is 33.9 Å². The molecule has 2 rings (SSSR count). The van der Waals surface area contributed by atoms with Crippen molar-refractivity contribution in [1.82, 2.24) is 0 Å². The van der Waals surface area contributed by atoms with E-state index >= 15 is 0 Å². The first-order valence-electron chi connectivity index (χ1n) is 5.60. The van der Waals surface area contributed by atoms with Crippen LogP contribution in [0.15, 0.2) is 34.5 Å². The number of sulfonamides is 1. The molecule has 0 unspecified atom stereocenters. The van der Waals surface area contributed by atoms with Crippen LogP contribution in [0.1, 0.15) is 4.88 Å². The van der Waals surface area contributed by atoms with E-state index in [9.17, 15) is 12.8 Å². The molecule has 108 valence electrons. The van der Waals surface area contributed by atoms with Crippen molar-refractivity contribution in [2.45, 2.75) is 10.6 Å². The van der Waals surface area contributed by atoms with E-state index in [-0.39, 0.29) is 10.8 Å². The van der Waals surface area contributed by atoms with Crippen LogP contribution in [0.25, 0.3) is 0 Å². The highest BCUT2D eigenvalue weighted by Crippen LogP contribution is 2.26. The fourth-order valence-corrected chi connectivity index (χ4v) is 4.73. The molecule has 0 aliphatic carbocycles. The number of hydrogen-bond donors (Lipinski definition) is 2. The average Bonchev–Trinajstić information content (AvgIpc) is 2.83. The van der Waals surface area contributed by atoms with Crippen molar-refractivity contribution in [3.8, 4) is 0 Å². The number of rotatable bonds is 5. The number of halogens is 2. The molecule has 0 spiro atoms. The summed E-state index contributed by atoms with van der Waals surface area (Å²) in [6.07, 6.45) is 0.425. The molecule has 0 aliphatic heterocycles. The maximum atomic E-state index is 13.0. The Morgan fingerprint density at radius 3 is 2.70 bits per heavy atom. The predicted octanol–water partition coefficient (Wildman–Crippen LogP) is 2.83. The number of hydrogen-bond acceptors (Lipinski definition) is 4. The van der Waals surface area contributed by atoms with E-state index in [1.54, 1.807) is 6.07 Å². The molecular formula is C12H11FINO3S2. The molecule has 1 aromatic carbocycles. The molecule has 8 heteroatoms. The van der Waals surface area contributed by atoms with Crippen molar-refractivity contribution in [1.29, 1.82) is 0 Å². The van der Waals surface area contributed by atoms with Gasteiger partial charge in [-0.05, 0) is 52.9 Å². The lowest BCUT2D eigenvalue weighted by Crippen LogP contribution is -2.12. The maximum absolute atomic E-state index is 13.0. The lowest BCUT2D eigenvalue weighted by Gasteiger charge is -2.08. The highest BCUT2D eigenvalue weighted by Gasteiger charge is 2.18. The van der Waals surface area contributed by atoms with Gasteiger partial charge in [0.25, 0.3) is 10.0 Å². The van der Waals surface area contributed by atoms with Gasteiger partial charge in [0.1, 0.15) is 10.0 Å². The van der Waals surface area contributed by atoms with E-state index in [1.165, 1.54) is 24.3 Å². The lowest BCUT2D eigenvalue weighted by atomic mass is 10.3. The van der Waals surface area contributed by atoms with Crippen LogP contribution in [0, 0.1) is 9.39 Å². The van der Waals surface area contributed by atoms with Gasteiger partial charge >= 0.3 is 0 Å². The maximum Gasteiger partial charge on any atom is 0.271 e. The van der Waals surface area contributed by atoms with Gasteiger partial charge in [-0.25, -0.2) is 12.8 Å². The van der Waals surface area contributed by atoms with E-state index < -0.39 is 15.8 Å². The minimum Gasteiger partial charge on any atom is -0.396 e. The van der Waals surface area contributed by atoms with Crippen molar-refractivity contribution >= 4 is 49.6 Å². The first-order chi connectivity index (χ1) is 9.42. The third-order valence-electron chi connectivity index (χ3n) is 2.44. The molecule has 0 amide bonds. The molecular weight excluding hydrogens is 416 g/mol. The van der Waals surface area contributed by atoms with Crippen molar-refractivity contribution in [3.63, 3.8) is 0 Å². The molecule has 2 N–H and O–H groups in total. The molecule has 0 saturated carbocycles. The number of nitrogens with one attached hydrogen (secondary N) is 1. The summed E-state index contributed by atoms with van der Waals surface area (Å²) in [6.45, 7) is -0.0245. The van der Waals surface area contributed by atoms with Crippen LogP contribution in [0.5, 0.6) is 0 Å². The van der Waals surface area contributed by atoms with Gasteiger partial charge in [-0.3, -0.25) is 4.72 Å². The fraction of sp³-hybridized carbons (Fsp3) is 0.167. The Morgan fingerprint density at radius 1 is 1.30 bits per heavy atom. The zero-order valence-electron chi connectivity index (χ0n) is 10.1. The van der Waals surface area contributed by atoms with Crippen molar-refractivity contribution in [3.05, 3.63) is 44.6 Å². The van der Waals surface area contributed by atoms with Crippen molar-refractivity contribution < 1.29 is 17.9 Å². The summed E-state index contributed by atoms with van der Waals surface area (Å²) >= 11 is 2.97. The standard InChI is InChI=1S/C12H11FINO3S2/c13-8-1-3-11(10(14)7-8)15-20(17,18)12-4-2-9(19-12)5-6-16/h1-4,7,15-16H,5-6H2.